The summed E-state index contributed by atoms with van der Waals surface area (Å²) in [7, 11) is -3.58. The minimum atomic E-state index is -3.58. The third-order valence-electron chi connectivity index (χ3n) is 4.21. The lowest BCUT2D eigenvalue weighted by Gasteiger charge is -2.22. The highest BCUT2D eigenvalue weighted by atomic mass is 35.5. The molecule has 0 aliphatic heterocycles. The maximum atomic E-state index is 12.2. The van der Waals surface area contributed by atoms with Gasteiger partial charge in [0.2, 0.25) is 15.9 Å². The van der Waals surface area contributed by atoms with Crippen LogP contribution in [-0.4, -0.2) is 44.7 Å². The first-order valence-corrected chi connectivity index (χ1v) is 11.7. The van der Waals surface area contributed by atoms with E-state index in [-0.39, 0.29) is 12.5 Å². The third kappa shape index (κ3) is 6.38. The molecule has 1 amide bonds. The number of halogens is 1. The van der Waals surface area contributed by atoms with Crippen molar-refractivity contribution in [3.63, 3.8) is 0 Å². The fraction of sp³-hybridized carbons (Fsp3) is 0.588. The normalized spacial score (nSPS) is 15.3. The van der Waals surface area contributed by atoms with Crippen LogP contribution in [0.3, 0.4) is 0 Å². The van der Waals surface area contributed by atoms with Gasteiger partial charge in [-0.15, -0.1) is 0 Å². The van der Waals surface area contributed by atoms with E-state index in [0.717, 1.165) is 21.9 Å². The Hall–Kier alpha value is -0.920. The maximum Gasteiger partial charge on any atom is 0.240 e. The molecule has 0 heterocycles. The number of benzene rings is 1. The Bertz CT molecular complexity index is 704. The van der Waals surface area contributed by atoms with Crippen molar-refractivity contribution in [1.29, 1.82) is 0 Å². The first kappa shape index (κ1) is 20.4. The molecule has 0 spiro atoms. The van der Waals surface area contributed by atoms with Crippen LogP contribution >= 0.6 is 23.4 Å². The van der Waals surface area contributed by atoms with Crippen molar-refractivity contribution < 1.29 is 13.2 Å². The van der Waals surface area contributed by atoms with Crippen molar-refractivity contribution >= 4 is 45.0 Å². The van der Waals surface area contributed by atoms with Crippen molar-refractivity contribution in [1.82, 2.24) is 5.32 Å². The molecule has 1 aliphatic carbocycles. The molecule has 1 N–H and O–H groups in total. The zero-order valence-electron chi connectivity index (χ0n) is 14.6. The molecule has 8 heteroatoms. The molecule has 1 aliphatic rings. The van der Waals surface area contributed by atoms with Gasteiger partial charge >= 0.3 is 0 Å². The minimum Gasteiger partial charge on any atom is -0.354 e. The van der Waals surface area contributed by atoms with Crippen LogP contribution in [0.1, 0.15) is 31.2 Å². The number of rotatable bonds is 8. The Kier molecular flexibility index (Phi) is 7.46. The van der Waals surface area contributed by atoms with E-state index in [1.165, 1.54) is 25.7 Å². The van der Waals surface area contributed by atoms with E-state index >= 15 is 0 Å². The van der Waals surface area contributed by atoms with Gasteiger partial charge < -0.3 is 5.32 Å². The molecule has 25 heavy (non-hydrogen) atoms. The highest BCUT2D eigenvalue weighted by molar-refractivity contribution is 7.99. The molecule has 2 rings (SSSR count). The summed E-state index contributed by atoms with van der Waals surface area (Å²) in [5, 5.41) is 3.99. The summed E-state index contributed by atoms with van der Waals surface area (Å²) in [6.07, 6.45) is 6.20. The molecule has 0 radical (unpaired) electrons. The van der Waals surface area contributed by atoms with Gasteiger partial charge in [-0.05, 0) is 37.5 Å². The quantitative estimate of drug-likeness (QED) is 0.675. The monoisotopic (exact) mass is 404 g/mol. The summed E-state index contributed by atoms with van der Waals surface area (Å²) < 4.78 is 25.2. The van der Waals surface area contributed by atoms with E-state index in [4.69, 9.17) is 11.6 Å². The fourth-order valence-corrected chi connectivity index (χ4v) is 5.04. The molecule has 0 unspecified atom stereocenters. The Morgan fingerprint density at radius 3 is 2.64 bits per heavy atom. The van der Waals surface area contributed by atoms with Crippen LogP contribution in [0.25, 0.3) is 0 Å². The predicted molar refractivity (Wildman–Crippen MR) is 106 cm³/mol. The molecule has 0 bridgehead atoms. The number of sulfonamides is 1. The summed E-state index contributed by atoms with van der Waals surface area (Å²) in [6, 6.07) is 4.97. The van der Waals surface area contributed by atoms with Crippen LogP contribution in [0.5, 0.6) is 0 Å². The van der Waals surface area contributed by atoms with Gasteiger partial charge in [-0.2, -0.15) is 11.8 Å². The second kappa shape index (κ2) is 9.14. The molecule has 5 nitrogen and oxygen atoms in total. The SMILES string of the molecule is Cc1ccc(N(CC(=O)NCCSC2CCCC2)S(C)(=O)=O)cc1Cl. The predicted octanol–water partition coefficient (Wildman–Crippen LogP) is 3.21. The van der Waals surface area contributed by atoms with Gasteiger partial charge in [0.15, 0.2) is 0 Å². The molecule has 1 fully saturated rings. The Morgan fingerprint density at radius 1 is 1.36 bits per heavy atom. The van der Waals surface area contributed by atoms with Crippen LogP contribution in [-0.2, 0) is 14.8 Å². The van der Waals surface area contributed by atoms with E-state index in [1.54, 1.807) is 18.2 Å². The first-order chi connectivity index (χ1) is 11.8. The number of thioether (sulfide) groups is 1. The number of aryl methyl sites for hydroxylation is 1. The molecule has 0 aromatic heterocycles. The number of nitrogens with zero attached hydrogens (tertiary/aromatic N) is 1. The van der Waals surface area contributed by atoms with E-state index in [9.17, 15) is 13.2 Å². The van der Waals surface area contributed by atoms with E-state index in [2.05, 4.69) is 5.32 Å². The topological polar surface area (TPSA) is 66.5 Å². The highest BCUT2D eigenvalue weighted by Crippen LogP contribution is 2.29. The van der Waals surface area contributed by atoms with E-state index in [1.807, 2.05) is 18.7 Å². The minimum absolute atomic E-state index is 0.244. The van der Waals surface area contributed by atoms with Crippen molar-refractivity contribution in [2.75, 3.05) is 29.4 Å². The summed E-state index contributed by atoms with van der Waals surface area (Å²) in [6.45, 7) is 2.14. The summed E-state index contributed by atoms with van der Waals surface area (Å²) in [4.78, 5) is 12.2. The van der Waals surface area contributed by atoms with Crippen LogP contribution in [0.2, 0.25) is 5.02 Å². The van der Waals surface area contributed by atoms with E-state index < -0.39 is 10.0 Å². The Labute approximate surface area is 159 Å². The van der Waals surface area contributed by atoms with Gasteiger partial charge in [-0.1, -0.05) is 30.5 Å². The zero-order chi connectivity index (χ0) is 18.4. The number of hydrogen-bond donors (Lipinski definition) is 1. The average molecular weight is 405 g/mol. The zero-order valence-corrected chi connectivity index (χ0v) is 17.0. The lowest BCUT2D eigenvalue weighted by atomic mass is 10.2. The van der Waals surface area contributed by atoms with Crippen LogP contribution < -0.4 is 9.62 Å². The fourth-order valence-electron chi connectivity index (χ4n) is 2.79. The molecular weight excluding hydrogens is 380 g/mol. The molecule has 140 valence electrons. The van der Waals surface area contributed by atoms with Gasteiger partial charge in [0.05, 0.1) is 11.9 Å². The van der Waals surface area contributed by atoms with Crippen LogP contribution in [0.15, 0.2) is 18.2 Å². The second-order valence-corrected chi connectivity index (χ2v) is 10.1. The number of nitrogens with one attached hydrogen (secondary N) is 1. The number of hydrogen-bond acceptors (Lipinski definition) is 4. The molecule has 1 saturated carbocycles. The van der Waals surface area contributed by atoms with Crippen LogP contribution in [0, 0.1) is 6.92 Å². The van der Waals surface area contributed by atoms with Crippen molar-refractivity contribution in [3.8, 4) is 0 Å². The summed E-state index contributed by atoms with van der Waals surface area (Å²) in [5.41, 5.74) is 1.25. The maximum absolute atomic E-state index is 12.2. The third-order valence-corrected chi connectivity index (χ3v) is 7.14. The highest BCUT2D eigenvalue weighted by Gasteiger charge is 2.21. The van der Waals surface area contributed by atoms with Crippen molar-refractivity contribution in [3.05, 3.63) is 28.8 Å². The van der Waals surface area contributed by atoms with Gasteiger partial charge in [-0.3, -0.25) is 9.10 Å². The van der Waals surface area contributed by atoms with Gasteiger partial charge in [-0.25, -0.2) is 8.42 Å². The van der Waals surface area contributed by atoms with Gasteiger partial charge in [0.1, 0.15) is 6.54 Å². The average Bonchev–Trinajstić information content (AvgIpc) is 3.04. The standard InChI is InChI=1S/C17H25ClN2O3S2/c1-13-7-8-14(11-16(13)18)20(25(2,22)23)12-17(21)19-9-10-24-15-5-3-4-6-15/h7-8,11,15H,3-6,9-10,12H2,1-2H3,(H,19,21). The van der Waals surface area contributed by atoms with Crippen LogP contribution in [0.4, 0.5) is 5.69 Å². The lowest BCUT2D eigenvalue weighted by Crippen LogP contribution is -2.41. The molecular formula is C17H25ClN2O3S2. The smallest absolute Gasteiger partial charge is 0.240 e. The largest absolute Gasteiger partial charge is 0.354 e. The number of amides is 1. The lowest BCUT2D eigenvalue weighted by molar-refractivity contribution is -0.119. The summed E-state index contributed by atoms with van der Waals surface area (Å²) in [5.74, 6) is 0.542. The first-order valence-electron chi connectivity index (χ1n) is 8.39. The number of anilines is 1. The molecule has 0 atom stereocenters. The van der Waals surface area contributed by atoms with Gasteiger partial charge in [0.25, 0.3) is 0 Å². The summed E-state index contributed by atoms with van der Waals surface area (Å²) >= 11 is 7.97. The number of carbonyl (C=O) groups is 1. The van der Waals surface area contributed by atoms with Gasteiger partial charge in [0, 0.05) is 22.6 Å². The molecule has 1 aromatic rings. The van der Waals surface area contributed by atoms with E-state index in [0.29, 0.717) is 22.5 Å². The number of carbonyl (C=O) groups excluding carboxylic acids is 1. The van der Waals surface area contributed by atoms with Crippen molar-refractivity contribution in [2.45, 2.75) is 37.9 Å². The Morgan fingerprint density at radius 2 is 2.04 bits per heavy atom. The molecule has 0 saturated heterocycles. The molecule has 1 aromatic carbocycles. The second-order valence-electron chi connectivity index (χ2n) is 6.33. The Balaban J connectivity index is 1.90. The van der Waals surface area contributed by atoms with Crippen molar-refractivity contribution in [2.24, 2.45) is 0 Å².